The molecule has 196 valence electrons. The number of nitrogens with zero attached hydrogens (tertiary/aromatic N) is 3. The van der Waals surface area contributed by atoms with E-state index in [0.29, 0.717) is 0 Å². The fraction of sp³-hybridized carbons (Fsp3) is 0.280. The van der Waals surface area contributed by atoms with E-state index < -0.39 is 40.3 Å². The molecule has 3 rings (SSSR count). The van der Waals surface area contributed by atoms with Gasteiger partial charge in [-0.3, -0.25) is 9.69 Å². The van der Waals surface area contributed by atoms with Gasteiger partial charge >= 0.3 is 12.1 Å². The second-order valence-electron chi connectivity index (χ2n) is 9.05. The molecule has 10 nitrogen and oxygen atoms in total. The number of carboxylic acid groups (broad SMARTS) is 1. The number of rotatable bonds is 9. The van der Waals surface area contributed by atoms with Crippen LogP contribution < -0.4 is 9.62 Å². The van der Waals surface area contributed by atoms with Crippen molar-refractivity contribution in [3.8, 4) is 0 Å². The number of carboxylic acids is 1. The molecule has 0 aliphatic rings. The van der Waals surface area contributed by atoms with Gasteiger partial charge in [0.15, 0.2) is 5.03 Å². The van der Waals surface area contributed by atoms with E-state index in [4.69, 9.17) is 4.74 Å². The Morgan fingerprint density at radius 1 is 1.08 bits per heavy atom. The minimum absolute atomic E-state index is 0.00647. The third-order valence-electron chi connectivity index (χ3n) is 4.86. The number of hydrogen-bond acceptors (Lipinski definition) is 7. The molecule has 0 saturated heterocycles. The number of amides is 1. The molecule has 2 N–H and O–H groups in total. The van der Waals surface area contributed by atoms with Crippen LogP contribution in [0.15, 0.2) is 76.4 Å². The number of hydrogen-bond donors (Lipinski definition) is 2. The van der Waals surface area contributed by atoms with Crippen LogP contribution in [0.5, 0.6) is 0 Å². The van der Waals surface area contributed by atoms with Gasteiger partial charge in [-0.1, -0.05) is 40.2 Å². The molecule has 0 radical (unpaired) electrons. The summed E-state index contributed by atoms with van der Waals surface area (Å²) in [7, 11) is -4.04. The van der Waals surface area contributed by atoms with Gasteiger partial charge in [0.1, 0.15) is 18.0 Å². The number of benzene rings is 1. The molecule has 2 aromatic heterocycles. The summed E-state index contributed by atoms with van der Waals surface area (Å²) in [5.41, 5.74) is 0.228. The number of anilines is 1. The molecule has 1 amide bonds. The van der Waals surface area contributed by atoms with Gasteiger partial charge in [-0.05, 0) is 69.2 Å². The number of carbonyl (C=O) groups excluding carboxylic acids is 1. The zero-order valence-corrected chi connectivity index (χ0v) is 22.9. The molecule has 37 heavy (non-hydrogen) atoms. The fourth-order valence-electron chi connectivity index (χ4n) is 3.29. The van der Waals surface area contributed by atoms with Crippen molar-refractivity contribution in [1.29, 1.82) is 0 Å². The summed E-state index contributed by atoms with van der Waals surface area (Å²) in [6, 6.07) is 15.7. The number of ether oxygens (including phenoxy) is 1. The standard InChI is InChI=1S/C25H27BrN4O6S/c1-25(2,3)36-24(33)30(16-23(31)32)21-8-6-7-19(28-21)20(15-17-10-12-18(26)13-11-17)29-37(34,35)22-9-4-5-14-27-22/h4-14,20,29H,15-16H2,1-3H3,(H,31,32). The molecule has 1 unspecified atom stereocenters. The van der Waals surface area contributed by atoms with Crippen molar-refractivity contribution in [2.24, 2.45) is 0 Å². The van der Waals surface area contributed by atoms with Crippen molar-refractivity contribution in [3.05, 3.63) is 82.6 Å². The van der Waals surface area contributed by atoms with Crippen LogP contribution in [0, 0.1) is 0 Å². The van der Waals surface area contributed by atoms with Crippen LogP contribution in [0.1, 0.15) is 38.1 Å². The van der Waals surface area contributed by atoms with Crippen molar-refractivity contribution in [2.45, 2.75) is 43.9 Å². The van der Waals surface area contributed by atoms with Crippen molar-refractivity contribution in [1.82, 2.24) is 14.7 Å². The van der Waals surface area contributed by atoms with Gasteiger partial charge in [0.25, 0.3) is 10.0 Å². The zero-order chi connectivity index (χ0) is 27.2. The predicted octanol–water partition coefficient (Wildman–Crippen LogP) is 4.33. The number of aliphatic carboxylic acids is 1. The molecule has 2 heterocycles. The lowest BCUT2D eigenvalue weighted by Gasteiger charge is -2.26. The lowest BCUT2D eigenvalue weighted by Crippen LogP contribution is -2.40. The Bertz CT molecular complexity index is 1350. The quantitative estimate of drug-likeness (QED) is 0.375. The molecule has 0 fully saturated rings. The maximum Gasteiger partial charge on any atom is 0.416 e. The summed E-state index contributed by atoms with van der Waals surface area (Å²) in [4.78, 5) is 33.6. The average Bonchev–Trinajstić information content (AvgIpc) is 2.83. The van der Waals surface area contributed by atoms with Crippen molar-refractivity contribution < 1.29 is 27.9 Å². The van der Waals surface area contributed by atoms with E-state index in [0.717, 1.165) is 14.9 Å². The second kappa shape index (κ2) is 11.8. The first-order valence-electron chi connectivity index (χ1n) is 11.2. The maximum atomic E-state index is 13.1. The summed E-state index contributed by atoms with van der Waals surface area (Å²) >= 11 is 3.39. The van der Waals surface area contributed by atoms with Crippen LogP contribution in [0.3, 0.4) is 0 Å². The highest BCUT2D eigenvalue weighted by atomic mass is 79.9. The lowest BCUT2D eigenvalue weighted by atomic mass is 10.0. The molecular weight excluding hydrogens is 564 g/mol. The van der Waals surface area contributed by atoms with E-state index in [1.54, 1.807) is 45.0 Å². The van der Waals surface area contributed by atoms with Crippen molar-refractivity contribution in [3.63, 3.8) is 0 Å². The van der Waals surface area contributed by atoms with Crippen LogP contribution in [-0.2, 0) is 26.0 Å². The van der Waals surface area contributed by atoms with Gasteiger partial charge in [-0.15, -0.1) is 0 Å². The highest BCUT2D eigenvalue weighted by molar-refractivity contribution is 9.10. The lowest BCUT2D eigenvalue weighted by molar-refractivity contribution is -0.135. The Hall–Kier alpha value is -3.35. The van der Waals surface area contributed by atoms with Crippen LogP contribution in [-0.4, -0.2) is 47.7 Å². The highest BCUT2D eigenvalue weighted by Gasteiger charge is 2.28. The van der Waals surface area contributed by atoms with Gasteiger partial charge in [0, 0.05) is 10.7 Å². The third-order valence-corrected chi connectivity index (χ3v) is 6.78. The summed E-state index contributed by atoms with van der Waals surface area (Å²) < 4.78 is 35.1. The Kier molecular flexibility index (Phi) is 9.00. The summed E-state index contributed by atoms with van der Waals surface area (Å²) in [5, 5.41) is 9.23. The van der Waals surface area contributed by atoms with E-state index in [-0.39, 0.29) is 23.0 Å². The highest BCUT2D eigenvalue weighted by Crippen LogP contribution is 2.24. The van der Waals surface area contributed by atoms with E-state index in [1.165, 1.54) is 18.3 Å². The molecule has 0 bridgehead atoms. The largest absolute Gasteiger partial charge is 0.480 e. The molecule has 1 atom stereocenters. The average molecular weight is 591 g/mol. The van der Waals surface area contributed by atoms with Crippen LogP contribution in [0.2, 0.25) is 0 Å². The van der Waals surface area contributed by atoms with Crippen LogP contribution >= 0.6 is 15.9 Å². The van der Waals surface area contributed by atoms with E-state index in [2.05, 4.69) is 30.6 Å². The fourth-order valence-corrected chi connectivity index (χ4v) is 4.71. The van der Waals surface area contributed by atoms with Crippen LogP contribution in [0.25, 0.3) is 0 Å². The SMILES string of the molecule is CC(C)(C)OC(=O)N(CC(=O)O)c1cccc(C(Cc2ccc(Br)cc2)NS(=O)(=O)c2ccccn2)n1. The van der Waals surface area contributed by atoms with E-state index in [1.807, 2.05) is 24.3 Å². The van der Waals surface area contributed by atoms with Gasteiger partial charge in [-0.2, -0.15) is 0 Å². The van der Waals surface area contributed by atoms with Gasteiger partial charge in [-0.25, -0.2) is 27.9 Å². The Morgan fingerprint density at radius 2 is 1.78 bits per heavy atom. The molecule has 1 aromatic carbocycles. The smallest absolute Gasteiger partial charge is 0.416 e. The maximum absolute atomic E-state index is 13.1. The first-order valence-corrected chi connectivity index (χ1v) is 13.5. The molecular formula is C25H27BrN4O6S. The molecule has 3 aromatic rings. The Balaban J connectivity index is 2.02. The number of aromatic nitrogens is 2. The predicted molar refractivity (Wildman–Crippen MR) is 141 cm³/mol. The summed E-state index contributed by atoms with van der Waals surface area (Å²) in [6.45, 7) is 4.29. The molecule has 12 heteroatoms. The monoisotopic (exact) mass is 590 g/mol. The van der Waals surface area contributed by atoms with Crippen LogP contribution in [0.4, 0.5) is 10.6 Å². The number of sulfonamides is 1. The van der Waals surface area contributed by atoms with Gasteiger partial charge in [0.2, 0.25) is 0 Å². The molecule has 0 aliphatic carbocycles. The molecule has 0 saturated carbocycles. The van der Waals surface area contributed by atoms with Gasteiger partial charge in [0.05, 0.1) is 11.7 Å². The molecule has 0 aliphatic heterocycles. The third kappa shape index (κ3) is 8.34. The van der Waals surface area contributed by atoms with E-state index in [9.17, 15) is 23.1 Å². The number of halogens is 1. The Labute approximate surface area is 223 Å². The minimum atomic E-state index is -4.04. The summed E-state index contributed by atoms with van der Waals surface area (Å²) in [6.07, 6.45) is 0.709. The Morgan fingerprint density at radius 3 is 2.38 bits per heavy atom. The number of pyridine rings is 2. The minimum Gasteiger partial charge on any atom is -0.480 e. The number of nitrogens with one attached hydrogen (secondary N) is 1. The first-order chi connectivity index (χ1) is 17.3. The van der Waals surface area contributed by atoms with Crippen molar-refractivity contribution in [2.75, 3.05) is 11.4 Å². The zero-order valence-electron chi connectivity index (χ0n) is 20.5. The second-order valence-corrected chi connectivity index (χ2v) is 11.6. The van der Waals surface area contributed by atoms with Crippen molar-refractivity contribution >= 4 is 43.8 Å². The summed E-state index contributed by atoms with van der Waals surface area (Å²) in [5.74, 6) is -1.26. The first kappa shape index (κ1) is 28.2. The topological polar surface area (TPSA) is 139 Å². The number of carbonyl (C=O) groups is 2. The normalized spacial score (nSPS) is 12.5. The van der Waals surface area contributed by atoms with Gasteiger partial charge < -0.3 is 9.84 Å². The molecule has 0 spiro atoms. The van der Waals surface area contributed by atoms with E-state index >= 15 is 0 Å².